The van der Waals surface area contributed by atoms with Gasteiger partial charge in [-0.1, -0.05) is 61.0 Å². The Balaban J connectivity index is 0.000000221. The number of hydrogen-bond donors (Lipinski definition) is 3. The normalized spacial score (nSPS) is 14.9. The Hall–Kier alpha value is -6.98. The first kappa shape index (κ1) is 50.4. The van der Waals surface area contributed by atoms with Gasteiger partial charge in [0.2, 0.25) is 0 Å². The molecular weight excluding hydrogens is 895 g/mol. The molecule has 0 aliphatic heterocycles. The zero-order valence-electron chi connectivity index (χ0n) is 36.9. The van der Waals surface area contributed by atoms with Gasteiger partial charge in [0, 0.05) is 30.4 Å². The van der Waals surface area contributed by atoms with Crippen molar-refractivity contribution in [1.82, 2.24) is 0 Å². The number of hydrogen-bond acceptors (Lipinski definition) is 13. The summed E-state index contributed by atoms with van der Waals surface area (Å²) in [4.78, 5) is 83.2. The number of carbonyl (C=O) groups is 7. The number of alkyl halides is 1. The van der Waals surface area contributed by atoms with E-state index in [1.165, 1.54) is 12.1 Å². The number of carboxylic acid groups (broad SMARTS) is 3. The molecule has 0 heterocycles. The zero-order chi connectivity index (χ0) is 47.9. The van der Waals surface area contributed by atoms with Crippen LogP contribution < -0.4 is 53.6 Å². The number of fused-ring (bicyclic) bond motifs is 4. The van der Waals surface area contributed by atoms with Crippen LogP contribution >= 0.6 is 0 Å². The number of ether oxygens (including phenoxy) is 4. The van der Waals surface area contributed by atoms with Gasteiger partial charge in [-0.05, 0) is 89.2 Å². The van der Waals surface area contributed by atoms with E-state index in [9.17, 15) is 48.2 Å². The van der Waals surface area contributed by atoms with Gasteiger partial charge in [0.15, 0.2) is 29.3 Å². The van der Waals surface area contributed by atoms with Crippen LogP contribution in [0.1, 0.15) is 77.0 Å². The number of allylic oxidation sites excluding steroid dienone is 5. The molecule has 0 saturated carbocycles. The molecular formula is C51H42FNaO15. The van der Waals surface area contributed by atoms with E-state index in [0.29, 0.717) is 34.4 Å². The van der Waals surface area contributed by atoms with Crippen LogP contribution in [0.25, 0.3) is 0 Å². The summed E-state index contributed by atoms with van der Waals surface area (Å²) in [7, 11) is 0. The molecule has 0 fully saturated rings. The predicted octanol–water partition coefficient (Wildman–Crippen LogP) is 1.98. The van der Waals surface area contributed by atoms with E-state index >= 15 is 0 Å². The number of carboxylic acids is 3. The maximum atomic E-state index is 14.6. The Morgan fingerprint density at radius 1 is 0.544 bits per heavy atom. The fraction of sp³-hybridized carbons (Fsp3) is 0.235. The van der Waals surface area contributed by atoms with Crippen molar-refractivity contribution < 1.29 is 107 Å². The summed E-state index contributed by atoms with van der Waals surface area (Å²) in [6, 6.07) is 19.7. The zero-order valence-corrected chi connectivity index (χ0v) is 38.9. The molecule has 0 bridgehead atoms. The van der Waals surface area contributed by atoms with Crippen molar-refractivity contribution in [2.45, 2.75) is 51.3 Å². The van der Waals surface area contributed by atoms with E-state index in [2.05, 4.69) is 0 Å². The molecule has 0 aromatic heterocycles. The van der Waals surface area contributed by atoms with Crippen molar-refractivity contribution in [3.63, 3.8) is 0 Å². The molecule has 3 N–H and O–H groups in total. The van der Waals surface area contributed by atoms with E-state index in [1.807, 2.05) is 19.1 Å². The standard InChI is InChI=1S/C26H24O7.C25H19FO8.Na/c1-2-15-9-16-5-3-7-22(24(16)20(28)10-15)32-13-19(27)14-33-23-8-4-6-17-11-18(26(30)31)12-21(29)25(17)23;26-17(11-33-20-5-1-3-13-7-15(24(29)30)9-18(27)22(13)20)12-34-21-6-2-4-14-8-16(25(31)32)10-19(28)23(14)21;/h3-8,10,12,19,27H,2,9,11,13-14H2,1H3,(H,30,31);1-6,9-10,17H,7-8,11-12H2,(H,29,30)(H,31,32);/q;;+1/p-1. The molecule has 0 saturated heterocycles. The number of ketones is 4. The Labute approximate surface area is 410 Å². The van der Waals surface area contributed by atoms with E-state index in [1.54, 1.807) is 54.6 Å². The van der Waals surface area contributed by atoms with Crippen LogP contribution in [0.4, 0.5) is 4.39 Å². The summed E-state index contributed by atoms with van der Waals surface area (Å²) in [6.45, 7) is 0.878. The molecule has 0 radical (unpaired) electrons. The summed E-state index contributed by atoms with van der Waals surface area (Å²) >= 11 is 0. The third kappa shape index (κ3) is 11.6. The largest absolute Gasteiger partial charge is 1.00 e. The van der Waals surface area contributed by atoms with Crippen molar-refractivity contribution in [2.75, 3.05) is 26.4 Å². The molecule has 15 nitrogen and oxygen atoms in total. The number of benzene rings is 4. The van der Waals surface area contributed by atoms with Crippen molar-refractivity contribution >= 4 is 41.0 Å². The molecule has 4 aromatic carbocycles. The summed E-state index contributed by atoms with van der Waals surface area (Å²) in [5.74, 6) is -4.41. The van der Waals surface area contributed by atoms with E-state index in [0.717, 1.165) is 35.8 Å². The van der Waals surface area contributed by atoms with Crippen LogP contribution in [0.3, 0.4) is 0 Å². The average molecular weight is 937 g/mol. The first-order chi connectivity index (χ1) is 32.1. The van der Waals surface area contributed by atoms with E-state index in [-0.39, 0.29) is 118 Å². The second-order valence-corrected chi connectivity index (χ2v) is 15.9. The van der Waals surface area contributed by atoms with Gasteiger partial charge in [-0.25, -0.2) is 14.0 Å². The second-order valence-electron chi connectivity index (χ2n) is 15.9. The van der Waals surface area contributed by atoms with Gasteiger partial charge < -0.3 is 44.2 Å². The first-order valence-electron chi connectivity index (χ1n) is 21.1. The van der Waals surface area contributed by atoms with E-state index < -0.39 is 60.7 Å². The molecule has 0 amide bonds. The molecule has 4 aliphatic carbocycles. The summed E-state index contributed by atoms with van der Waals surface area (Å²) in [5, 5.41) is 39.8. The minimum Gasteiger partial charge on any atom is -0.545 e. The first-order valence-corrected chi connectivity index (χ1v) is 21.1. The van der Waals surface area contributed by atoms with Crippen molar-refractivity contribution in [3.05, 3.63) is 164 Å². The maximum Gasteiger partial charge on any atom is 1.00 e. The number of aliphatic hydroxyl groups excluding tert-OH is 1. The molecule has 1 unspecified atom stereocenters. The molecule has 4 aromatic rings. The minimum absolute atomic E-state index is 0. The van der Waals surface area contributed by atoms with Gasteiger partial charge in [-0.2, -0.15) is 0 Å². The minimum atomic E-state index is -1.61. The molecule has 344 valence electrons. The number of aliphatic hydroxyl groups is 1. The van der Waals surface area contributed by atoms with Gasteiger partial charge in [-0.3, -0.25) is 19.2 Å². The van der Waals surface area contributed by atoms with Crippen LogP contribution in [-0.2, 0) is 40.1 Å². The summed E-state index contributed by atoms with van der Waals surface area (Å²) in [5.41, 5.74) is 4.51. The third-order valence-electron chi connectivity index (χ3n) is 11.2. The topological polar surface area (TPSA) is 240 Å². The predicted molar refractivity (Wildman–Crippen MR) is 234 cm³/mol. The molecule has 8 rings (SSSR count). The Kier molecular flexibility index (Phi) is 16.5. The number of aliphatic carboxylic acids is 3. The number of rotatable bonds is 16. The summed E-state index contributed by atoms with van der Waals surface area (Å²) in [6.07, 6.45) is 3.80. The molecule has 1 atom stereocenters. The van der Waals surface area contributed by atoms with Gasteiger partial charge in [0.05, 0.1) is 28.2 Å². The molecule has 68 heavy (non-hydrogen) atoms. The monoisotopic (exact) mass is 936 g/mol. The van der Waals surface area contributed by atoms with Crippen LogP contribution in [0.5, 0.6) is 23.0 Å². The van der Waals surface area contributed by atoms with Crippen LogP contribution in [0.2, 0.25) is 0 Å². The van der Waals surface area contributed by atoms with Crippen molar-refractivity contribution in [2.24, 2.45) is 0 Å². The molecule has 4 aliphatic rings. The fourth-order valence-corrected chi connectivity index (χ4v) is 7.97. The SMILES string of the molecule is CCC1=CC(=O)c2c(cccc2OCC(O)COc2cccc3c2C(=O)C=C(C(=O)[O-])C3)C1.O=C(O)C1=CC(=O)c2c(cccc2OCC(F)COc2cccc3c2C(=O)C=C(C(=O)O)C3)C1.[Na+]. The molecule has 17 heteroatoms. The van der Waals surface area contributed by atoms with Crippen molar-refractivity contribution in [3.8, 4) is 23.0 Å². The summed E-state index contributed by atoms with van der Waals surface area (Å²) < 4.78 is 37.0. The molecule has 0 spiro atoms. The van der Waals surface area contributed by atoms with Gasteiger partial charge in [0.25, 0.3) is 0 Å². The van der Waals surface area contributed by atoms with Gasteiger partial charge >= 0.3 is 41.5 Å². The van der Waals surface area contributed by atoms with Crippen LogP contribution in [0, 0.1) is 0 Å². The average Bonchev–Trinajstić information content (AvgIpc) is 3.30. The third-order valence-corrected chi connectivity index (χ3v) is 11.2. The second kappa shape index (κ2) is 22.2. The van der Waals surface area contributed by atoms with E-state index in [4.69, 9.17) is 29.2 Å². The smallest absolute Gasteiger partial charge is 0.545 e. The number of carbonyl (C=O) groups excluding carboxylic acids is 5. The Morgan fingerprint density at radius 3 is 1.22 bits per heavy atom. The Bertz CT molecular complexity index is 2760. The van der Waals surface area contributed by atoms with Gasteiger partial charge in [0.1, 0.15) is 55.5 Å². The van der Waals surface area contributed by atoms with Crippen LogP contribution in [-0.4, -0.2) is 95.1 Å². The quantitative estimate of drug-likeness (QED) is 0.136. The Morgan fingerprint density at radius 2 is 0.868 bits per heavy atom. The van der Waals surface area contributed by atoms with Gasteiger partial charge in [-0.15, -0.1) is 0 Å². The van der Waals surface area contributed by atoms with Crippen LogP contribution in [0.15, 0.2) is 119 Å². The number of halogens is 1. The maximum absolute atomic E-state index is 14.6. The van der Waals surface area contributed by atoms with Crippen molar-refractivity contribution in [1.29, 1.82) is 0 Å². The fourth-order valence-electron chi connectivity index (χ4n) is 7.97.